The molecule has 0 aliphatic carbocycles. The van der Waals surface area contributed by atoms with Crippen molar-refractivity contribution in [3.05, 3.63) is 72.7 Å². The lowest BCUT2D eigenvalue weighted by Gasteiger charge is -2.34. The van der Waals surface area contributed by atoms with Gasteiger partial charge in [-0.3, -0.25) is 0 Å². The van der Waals surface area contributed by atoms with Crippen molar-refractivity contribution < 1.29 is 5.11 Å². The monoisotopic (exact) mass is 331 g/mol. The Morgan fingerprint density at radius 2 is 1.64 bits per heavy atom. The molecule has 0 saturated carbocycles. The van der Waals surface area contributed by atoms with Crippen molar-refractivity contribution in [3.8, 4) is 16.9 Å². The highest BCUT2D eigenvalue weighted by Crippen LogP contribution is 2.34. The van der Waals surface area contributed by atoms with Crippen molar-refractivity contribution in [1.29, 1.82) is 0 Å². The van der Waals surface area contributed by atoms with Crippen LogP contribution in [0.4, 0.5) is 5.82 Å². The van der Waals surface area contributed by atoms with Gasteiger partial charge in [-0.25, -0.2) is 9.97 Å². The van der Waals surface area contributed by atoms with Crippen LogP contribution in [0.25, 0.3) is 11.1 Å². The third kappa shape index (κ3) is 3.33. The molecule has 1 saturated heterocycles. The van der Waals surface area contributed by atoms with Crippen LogP contribution in [-0.2, 0) is 0 Å². The number of piperidine rings is 1. The molecule has 1 aliphatic heterocycles. The lowest BCUT2D eigenvalue weighted by Crippen LogP contribution is -2.33. The van der Waals surface area contributed by atoms with Crippen molar-refractivity contribution in [1.82, 2.24) is 9.97 Å². The second kappa shape index (κ2) is 6.93. The van der Waals surface area contributed by atoms with Crippen molar-refractivity contribution in [3.63, 3.8) is 0 Å². The lowest BCUT2D eigenvalue weighted by molar-refractivity contribution is 0.472. The van der Waals surface area contributed by atoms with E-state index >= 15 is 0 Å². The molecular formula is C21H21N3O. The molecule has 1 N–H and O–H groups in total. The van der Waals surface area contributed by atoms with Gasteiger partial charge in [0, 0.05) is 24.8 Å². The number of nitrogens with zero attached hydrogens (tertiary/aromatic N) is 3. The highest BCUT2D eigenvalue weighted by Gasteiger charge is 2.23. The maximum atomic E-state index is 9.46. The Balaban J connectivity index is 1.53. The number of aromatic hydroxyl groups is 1. The largest absolute Gasteiger partial charge is 0.508 e. The van der Waals surface area contributed by atoms with E-state index < -0.39 is 0 Å². The van der Waals surface area contributed by atoms with Gasteiger partial charge in [-0.05, 0) is 42.0 Å². The summed E-state index contributed by atoms with van der Waals surface area (Å²) >= 11 is 0. The van der Waals surface area contributed by atoms with Gasteiger partial charge in [0.05, 0.1) is 0 Å². The van der Waals surface area contributed by atoms with E-state index in [2.05, 4.69) is 27.0 Å². The minimum absolute atomic E-state index is 0.328. The molecular weight excluding hydrogens is 310 g/mol. The van der Waals surface area contributed by atoms with Gasteiger partial charge in [-0.1, -0.05) is 42.5 Å². The number of anilines is 1. The van der Waals surface area contributed by atoms with Crippen LogP contribution < -0.4 is 4.90 Å². The Kier molecular flexibility index (Phi) is 4.34. The van der Waals surface area contributed by atoms with E-state index in [1.165, 1.54) is 5.56 Å². The van der Waals surface area contributed by atoms with Crippen LogP contribution in [0.5, 0.6) is 5.75 Å². The summed E-state index contributed by atoms with van der Waals surface area (Å²) in [5.74, 6) is 1.89. The summed E-state index contributed by atoms with van der Waals surface area (Å²) in [6, 6.07) is 17.9. The SMILES string of the molecule is Oc1ccc(C2CCN(c3ncncc3-c3ccccc3)CC2)cc1. The van der Waals surface area contributed by atoms with Gasteiger partial charge in [0.15, 0.2) is 0 Å². The second-order valence-corrected chi connectivity index (χ2v) is 6.48. The molecule has 0 spiro atoms. The zero-order valence-corrected chi connectivity index (χ0v) is 14.0. The molecule has 0 amide bonds. The fraction of sp³-hybridized carbons (Fsp3) is 0.238. The van der Waals surface area contributed by atoms with Crippen LogP contribution in [0.15, 0.2) is 67.1 Å². The first-order chi connectivity index (χ1) is 12.3. The Bertz CT molecular complexity index is 825. The van der Waals surface area contributed by atoms with E-state index in [0.29, 0.717) is 11.7 Å². The number of phenolic OH excluding ortho intramolecular Hbond substituents is 1. The van der Waals surface area contributed by atoms with Crippen molar-refractivity contribution in [2.45, 2.75) is 18.8 Å². The van der Waals surface area contributed by atoms with E-state index in [0.717, 1.165) is 42.9 Å². The summed E-state index contributed by atoms with van der Waals surface area (Å²) in [7, 11) is 0. The maximum Gasteiger partial charge on any atom is 0.139 e. The van der Waals surface area contributed by atoms with E-state index in [1.54, 1.807) is 18.5 Å². The normalized spacial score (nSPS) is 15.3. The quantitative estimate of drug-likeness (QED) is 0.780. The van der Waals surface area contributed by atoms with Crippen LogP contribution in [0.2, 0.25) is 0 Å². The van der Waals surface area contributed by atoms with Gasteiger partial charge in [-0.15, -0.1) is 0 Å². The molecule has 4 nitrogen and oxygen atoms in total. The molecule has 4 heteroatoms. The zero-order chi connectivity index (χ0) is 17.1. The number of benzene rings is 2. The minimum atomic E-state index is 0.328. The van der Waals surface area contributed by atoms with Gasteiger partial charge in [0.1, 0.15) is 17.9 Å². The van der Waals surface area contributed by atoms with Crippen LogP contribution >= 0.6 is 0 Å². The highest BCUT2D eigenvalue weighted by molar-refractivity contribution is 5.75. The molecule has 1 aliphatic rings. The summed E-state index contributed by atoms with van der Waals surface area (Å²) in [6.07, 6.45) is 5.71. The number of rotatable bonds is 3. The summed E-state index contributed by atoms with van der Waals surface area (Å²) in [5, 5.41) is 9.46. The van der Waals surface area contributed by atoms with Gasteiger partial charge < -0.3 is 10.0 Å². The number of aromatic nitrogens is 2. The molecule has 3 aromatic rings. The molecule has 0 radical (unpaired) electrons. The van der Waals surface area contributed by atoms with Gasteiger partial charge in [0.2, 0.25) is 0 Å². The highest BCUT2D eigenvalue weighted by atomic mass is 16.3. The van der Waals surface area contributed by atoms with Crippen molar-refractivity contribution in [2.75, 3.05) is 18.0 Å². The molecule has 2 aromatic carbocycles. The zero-order valence-electron chi connectivity index (χ0n) is 14.0. The predicted octanol–water partition coefficient (Wildman–Crippen LogP) is 4.23. The Morgan fingerprint density at radius 1 is 0.920 bits per heavy atom. The van der Waals surface area contributed by atoms with E-state index in [1.807, 2.05) is 36.5 Å². The molecule has 0 atom stereocenters. The molecule has 126 valence electrons. The minimum Gasteiger partial charge on any atom is -0.508 e. The number of hydrogen-bond acceptors (Lipinski definition) is 4. The first kappa shape index (κ1) is 15.6. The average Bonchev–Trinajstić information content (AvgIpc) is 2.69. The Labute approximate surface area is 147 Å². The third-order valence-electron chi connectivity index (χ3n) is 4.94. The van der Waals surface area contributed by atoms with Crippen LogP contribution in [0, 0.1) is 0 Å². The van der Waals surface area contributed by atoms with Crippen LogP contribution in [0.3, 0.4) is 0 Å². The molecule has 0 bridgehead atoms. The smallest absolute Gasteiger partial charge is 0.139 e. The standard InChI is InChI=1S/C21H21N3O/c25-19-8-6-16(7-9-19)17-10-12-24(13-11-17)21-20(14-22-15-23-21)18-4-2-1-3-5-18/h1-9,14-15,17,25H,10-13H2. The average molecular weight is 331 g/mol. The topological polar surface area (TPSA) is 49.2 Å². The van der Waals surface area contributed by atoms with Crippen molar-refractivity contribution >= 4 is 5.82 Å². The summed E-state index contributed by atoms with van der Waals surface area (Å²) in [5.41, 5.74) is 3.55. The molecule has 0 unspecified atom stereocenters. The second-order valence-electron chi connectivity index (χ2n) is 6.48. The molecule has 4 rings (SSSR count). The summed E-state index contributed by atoms with van der Waals surface area (Å²) in [4.78, 5) is 11.2. The molecule has 1 aromatic heterocycles. The summed E-state index contributed by atoms with van der Waals surface area (Å²) < 4.78 is 0. The van der Waals surface area contributed by atoms with Crippen LogP contribution in [0.1, 0.15) is 24.3 Å². The Hall–Kier alpha value is -2.88. The fourth-order valence-corrected chi connectivity index (χ4v) is 3.57. The predicted molar refractivity (Wildman–Crippen MR) is 99.8 cm³/mol. The van der Waals surface area contributed by atoms with E-state index in [4.69, 9.17) is 0 Å². The van der Waals surface area contributed by atoms with Crippen molar-refractivity contribution in [2.24, 2.45) is 0 Å². The molecule has 1 fully saturated rings. The van der Waals surface area contributed by atoms with E-state index in [-0.39, 0.29) is 0 Å². The fourth-order valence-electron chi connectivity index (χ4n) is 3.57. The Morgan fingerprint density at radius 3 is 2.36 bits per heavy atom. The van der Waals surface area contributed by atoms with Crippen LogP contribution in [-0.4, -0.2) is 28.2 Å². The maximum absolute atomic E-state index is 9.46. The lowest BCUT2D eigenvalue weighted by atomic mass is 9.89. The number of hydrogen-bond donors (Lipinski definition) is 1. The third-order valence-corrected chi connectivity index (χ3v) is 4.94. The van der Waals surface area contributed by atoms with E-state index in [9.17, 15) is 5.11 Å². The summed E-state index contributed by atoms with van der Waals surface area (Å²) in [6.45, 7) is 1.95. The molecule has 2 heterocycles. The van der Waals surface area contributed by atoms with Gasteiger partial charge >= 0.3 is 0 Å². The first-order valence-corrected chi connectivity index (χ1v) is 8.70. The number of phenols is 1. The first-order valence-electron chi connectivity index (χ1n) is 8.70. The van der Waals surface area contributed by atoms with Gasteiger partial charge in [0.25, 0.3) is 0 Å². The molecule has 25 heavy (non-hydrogen) atoms. The van der Waals surface area contributed by atoms with Gasteiger partial charge in [-0.2, -0.15) is 0 Å².